The molecule has 4 N–H and O–H groups in total. The molecule has 14 heteroatoms. The molecule has 0 unspecified atom stereocenters. The number of carbonyl (C=O) groups excluding carboxylic acids is 4. The van der Waals surface area contributed by atoms with E-state index in [0.717, 1.165) is 81.7 Å². The van der Waals surface area contributed by atoms with Gasteiger partial charge in [-0.1, -0.05) is 52.0 Å². The molecule has 0 saturated carbocycles. The number of aromatic nitrogens is 4. The topological polar surface area (TPSA) is 175 Å². The maximum atomic E-state index is 13.6. The average molecular weight is 763 g/mol. The van der Waals surface area contributed by atoms with Crippen LogP contribution in [0.5, 0.6) is 0 Å². The molecule has 6 heterocycles. The van der Waals surface area contributed by atoms with Gasteiger partial charge in [0.2, 0.25) is 11.8 Å². The van der Waals surface area contributed by atoms with Crippen molar-refractivity contribution in [2.75, 3.05) is 27.3 Å². The fraction of sp³-hybridized carbons (Fsp3) is 0.429. The molecular weight excluding hydrogens is 713 g/mol. The number of nitrogens with zero attached hydrogens (tertiary/aromatic N) is 4. The summed E-state index contributed by atoms with van der Waals surface area (Å²) >= 11 is 0. The first-order valence-electron chi connectivity index (χ1n) is 19.4. The number of fused-ring (bicyclic) bond motifs is 2. The fourth-order valence-corrected chi connectivity index (χ4v) is 8.02. The van der Waals surface area contributed by atoms with Crippen LogP contribution in [0.2, 0.25) is 0 Å². The standard InChI is InChI=1S/C42H50N8O6/c1-23(2)37(47-41(53)55-5)39(51)49-19-7-9-35(49)33-21-31-29(45-33)17-15-27(43-31)25-11-13-26(14-12-25)28-16-18-30-32(44-28)22-34(46-30)36-10-8-20-50(36)40(52)38(24(3)4)48-42(54)56-6/h11-18,21-24,35-38,45-46H,7-10,19-20H2,1-6H3,(H,47,53)(H,48,54)/t35-,36-,37-,38-/m0/s1. The van der Waals surface area contributed by atoms with Crippen molar-refractivity contribution in [3.8, 4) is 22.5 Å². The Hall–Kier alpha value is -5.92. The van der Waals surface area contributed by atoms with Gasteiger partial charge in [0.25, 0.3) is 0 Å². The number of nitrogens with one attached hydrogen (secondary N) is 4. The monoisotopic (exact) mass is 762 g/mol. The van der Waals surface area contributed by atoms with E-state index >= 15 is 0 Å². The molecule has 0 bridgehead atoms. The zero-order chi connectivity index (χ0) is 39.7. The molecule has 4 amide bonds. The van der Waals surface area contributed by atoms with Crippen molar-refractivity contribution in [1.82, 2.24) is 40.4 Å². The Kier molecular flexibility index (Phi) is 11.0. The van der Waals surface area contributed by atoms with E-state index in [9.17, 15) is 19.2 Å². The van der Waals surface area contributed by atoms with Crippen LogP contribution in [0.1, 0.15) is 76.8 Å². The molecule has 2 fully saturated rings. The van der Waals surface area contributed by atoms with Gasteiger partial charge < -0.3 is 39.9 Å². The van der Waals surface area contributed by atoms with Crippen LogP contribution >= 0.6 is 0 Å². The Morgan fingerprint density at radius 3 is 1.39 bits per heavy atom. The number of rotatable bonds is 10. The fourth-order valence-electron chi connectivity index (χ4n) is 8.02. The number of aromatic amines is 2. The SMILES string of the molecule is COC(=O)N[C@H](C(=O)N1CCC[C@H]1c1cc2nc(-c3ccc(-c4ccc5[nH]c([C@@H]6CCCN6C(=O)[C@@H](NC(=O)OC)C(C)C)cc5n4)cc3)ccc2[nH]1)C(C)C. The van der Waals surface area contributed by atoms with Crippen molar-refractivity contribution in [2.45, 2.75) is 77.5 Å². The third-order valence-corrected chi connectivity index (χ3v) is 11.0. The van der Waals surface area contributed by atoms with Crippen LogP contribution in [0.4, 0.5) is 9.59 Å². The number of alkyl carbamates (subject to hydrolysis) is 2. The van der Waals surface area contributed by atoms with Crippen LogP contribution in [0.3, 0.4) is 0 Å². The van der Waals surface area contributed by atoms with E-state index in [0.29, 0.717) is 13.1 Å². The molecule has 5 aromatic rings. The molecule has 2 aliphatic heterocycles. The summed E-state index contributed by atoms with van der Waals surface area (Å²) < 4.78 is 9.55. The zero-order valence-corrected chi connectivity index (χ0v) is 32.7. The summed E-state index contributed by atoms with van der Waals surface area (Å²) in [4.78, 5) is 71.9. The van der Waals surface area contributed by atoms with E-state index < -0.39 is 24.3 Å². The van der Waals surface area contributed by atoms with Crippen LogP contribution in [0.25, 0.3) is 44.6 Å². The lowest BCUT2D eigenvalue weighted by atomic mass is 10.0. The number of H-pyrrole nitrogens is 2. The van der Waals surface area contributed by atoms with Gasteiger partial charge in [-0.25, -0.2) is 19.6 Å². The molecule has 56 heavy (non-hydrogen) atoms. The van der Waals surface area contributed by atoms with E-state index in [1.54, 1.807) is 0 Å². The van der Waals surface area contributed by atoms with Gasteiger partial charge in [-0.15, -0.1) is 0 Å². The van der Waals surface area contributed by atoms with E-state index in [4.69, 9.17) is 19.4 Å². The summed E-state index contributed by atoms with van der Waals surface area (Å²) in [6.07, 6.45) is 2.12. The number of methoxy groups -OCH3 is 2. The highest BCUT2D eigenvalue weighted by atomic mass is 16.5. The molecule has 1 aromatic carbocycles. The van der Waals surface area contributed by atoms with E-state index in [2.05, 4.69) is 20.6 Å². The molecule has 14 nitrogen and oxygen atoms in total. The number of carbonyl (C=O) groups is 4. The number of hydrogen-bond donors (Lipinski definition) is 4. The number of ether oxygens (including phenoxy) is 2. The average Bonchev–Trinajstić information content (AvgIpc) is 4.03. The summed E-state index contributed by atoms with van der Waals surface area (Å²) in [5, 5.41) is 5.42. The Balaban J connectivity index is 1.06. The Morgan fingerprint density at radius 1 is 0.643 bits per heavy atom. The molecular formula is C42H50N8O6. The largest absolute Gasteiger partial charge is 0.453 e. The molecule has 7 rings (SSSR count). The molecule has 2 saturated heterocycles. The zero-order valence-electron chi connectivity index (χ0n) is 32.7. The normalized spacial score (nSPS) is 18.1. The first-order chi connectivity index (χ1) is 26.9. The van der Waals surface area contributed by atoms with Crippen molar-refractivity contribution in [3.05, 3.63) is 72.1 Å². The van der Waals surface area contributed by atoms with Crippen molar-refractivity contribution >= 4 is 46.1 Å². The lowest BCUT2D eigenvalue weighted by Crippen LogP contribution is -2.51. The summed E-state index contributed by atoms with van der Waals surface area (Å²) in [6, 6.07) is 18.6. The number of amides is 4. The highest BCUT2D eigenvalue weighted by Gasteiger charge is 2.38. The molecule has 4 atom stereocenters. The summed E-state index contributed by atoms with van der Waals surface area (Å²) in [5.74, 6) is -0.444. The maximum Gasteiger partial charge on any atom is 0.407 e. The minimum atomic E-state index is -0.681. The first-order valence-corrected chi connectivity index (χ1v) is 19.4. The summed E-state index contributed by atoms with van der Waals surface area (Å²) in [7, 11) is 2.59. The molecule has 0 radical (unpaired) electrons. The number of benzene rings is 1. The lowest BCUT2D eigenvalue weighted by molar-refractivity contribution is -0.136. The van der Waals surface area contributed by atoms with Crippen molar-refractivity contribution in [2.24, 2.45) is 11.8 Å². The van der Waals surface area contributed by atoms with E-state index in [1.165, 1.54) is 14.2 Å². The van der Waals surface area contributed by atoms with Gasteiger partial charge >= 0.3 is 12.2 Å². The quantitative estimate of drug-likeness (QED) is 0.119. The molecule has 0 aliphatic carbocycles. The van der Waals surface area contributed by atoms with E-state index in [-0.39, 0.29) is 35.7 Å². The smallest absolute Gasteiger partial charge is 0.407 e. The van der Waals surface area contributed by atoms with Crippen LogP contribution in [-0.2, 0) is 19.1 Å². The first kappa shape index (κ1) is 38.4. The second kappa shape index (κ2) is 16.0. The highest BCUT2D eigenvalue weighted by molar-refractivity contribution is 5.88. The van der Waals surface area contributed by atoms with Gasteiger partial charge in [-0.3, -0.25) is 9.59 Å². The molecule has 294 valence electrons. The van der Waals surface area contributed by atoms with Gasteiger partial charge in [0.15, 0.2) is 0 Å². The van der Waals surface area contributed by atoms with Gasteiger partial charge in [-0.2, -0.15) is 0 Å². The van der Waals surface area contributed by atoms with Gasteiger partial charge in [0.05, 0.1) is 59.8 Å². The van der Waals surface area contributed by atoms with Crippen LogP contribution in [0, 0.1) is 11.8 Å². The van der Waals surface area contributed by atoms with Crippen molar-refractivity contribution < 1.29 is 28.7 Å². The van der Waals surface area contributed by atoms with Crippen molar-refractivity contribution in [3.63, 3.8) is 0 Å². The predicted octanol–water partition coefficient (Wildman–Crippen LogP) is 6.86. The number of pyridine rings is 2. The second-order valence-corrected chi connectivity index (χ2v) is 15.4. The van der Waals surface area contributed by atoms with Crippen LogP contribution < -0.4 is 10.6 Å². The Labute approximate surface area is 325 Å². The third kappa shape index (κ3) is 7.64. The Morgan fingerprint density at radius 2 is 1.04 bits per heavy atom. The summed E-state index contributed by atoms with van der Waals surface area (Å²) in [5.41, 5.74) is 8.81. The van der Waals surface area contributed by atoms with Crippen molar-refractivity contribution in [1.29, 1.82) is 0 Å². The minimum Gasteiger partial charge on any atom is -0.453 e. The van der Waals surface area contributed by atoms with Gasteiger partial charge in [-0.05, 0) is 73.9 Å². The summed E-state index contributed by atoms with van der Waals surface area (Å²) in [6.45, 7) is 8.86. The van der Waals surface area contributed by atoms with Gasteiger partial charge in [0, 0.05) is 35.6 Å². The second-order valence-electron chi connectivity index (χ2n) is 15.4. The van der Waals surface area contributed by atoms with Crippen LogP contribution in [0.15, 0.2) is 60.7 Å². The Bertz CT molecular complexity index is 2090. The molecule has 0 spiro atoms. The number of likely N-dealkylation sites (tertiary alicyclic amines) is 2. The number of hydrogen-bond acceptors (Lipinski definition) is 8. The molecule has 4 aromatic heterocycles. The maximum absolute atomic E-state index is 13.6. The van der Waals surface area contributed by atoms with E-state index in [1.807, 2.05) is 98.2 Å². The highest BCUT2D eigenvalue weighted by Crippen LogP contribution is 2.36. The molecule has 2 aliphatic rings. The van der Waals surface area contributed by atoms with Crippen LogP contribution in [-0.4, -0.2) is 93.1 Å². The minimum absolute atomic E-state index is 0.101. The third-order valence-electron chi connectivity index (χ3n) is 11.0. The predicted molar refractivity (Wildman–Crippen MR) is 212 cm³/mol. The lowest BCUT2D eigenvalue weighted by Gasteiger charge is -2.30. The van der Waals surface area contributed by atoms with Gasteiger partial charge in [0.1, 0.15) is 12.1 Å².